The van der Waals surface area contributed by atoms with Crippen molar-refractivity contribution in [2.24, 2.45) is 5.92 Å². The van der Waals surface area contributed by atoms with Crippen LogP contribution in [0.15, 0.2) is 12.1 Å². The van der Waals surface area contributed by atoms with Crippen molar-refractivity contribution in [1.82, 2.24) is 4.90 Å². The summed E-state index contributed by atoms with van der Waals surface area (Å²) >= 11 is 6.40. The molecule has 0 saturated carbocycles. The molecule has 0 bridgehead atoms. The zero-order chi connectivity index (χ0) is 20.4. The van der Waals surface area contributed by atoms with E-state index in [1.165, 1.54) is 0 Å². The Morgan fingerprint density at radius 3 is 2.41 bits per heavy atom. The van der Waals surface area contributed by atoms with E-state index in [1.807, 2.05) is 39.8 Å². The largest absolute Gasteiger partial charge is 0.444 e. The molecule has 1 amide bonds. The number of aliphatic hydroxyl groups excluding tert-OH is 1. The fourth-order valence-electron chi connectivity index (χ4n) is 3.63. The number of piperidine rings is 1. The molecule has 5 heteroatoms. The minimum absolute atomic E-state index is 0.247. The van der Waals surface area contributed by atoms with Crippen molar-refractivity contribution >= 4 is 17.7 Å². The molecule has 1 heterocycles. The van der Waals surface area contributed by atoms with Crippen molar-refractivity contribution in [3.8, 4) is 0 Å². The maximum atomic E-state index is 12.3. The zero-order valence-corrected chi connectivity index (χ0v) is 18.3. The van der Waals surface area contributed by atoms with Gasteiger partial charge in [0.25, 0.3) is 0 Å². The smallest absolute Gasteiger partial charge is 0.410 e. The van der Waals surface area contributed by atoms with E-state index in [4.69, 9.17) is 16.3 Å². The fraction of sp³-hybridized carbons (Fsp3) is 0.682. The Kier molecular flexibility index (Phi) is 7.20. The summed E-state index contributed by atoms with van der Waals surface area (Å²) in [5.41, 5.74) is 2.63. The van der Waals surface area contributed by atoms with E-state index in [0.717, 1.165) is 41.0 Å². The average Bonchev–Trinajstić information content (AvgIpc) is 2.55. The summed E-state index contributed by atoms with van der Waals surface area (Å²) in [6, 6.07) is 4.05. The lowest BCUT2D eigenvalue weighted by atomic mass is 9.83. The molecule has 1 atom stereocenters. The van der Waals surface area contributed by atoms with Crippen LogP contribution in [-0.2, 0) is 4.74 Å². The maximum absolute atomic E-state index is 12.3. The molecular formula is C22H34ClNO3. The molecule has 1 saturated heterocycles. The van der Waals surface area contributed by atoms with Crippen LogP contribution >= 0.6 is 11.6 Å². The third-order valence-corrected chi connectivity index (χ3v) is 5.41. The monoisotopic (exact) mass is 395 g/mol. The van der Waals surface area contributed by atoms with Gasteiger partial charge < -0.3 is 14.7 Å². The van der Waals surface area contributed by atoms with E-state index in [0.29, 0.717) is 24.9 Å². The Hall–Kier alpha value is -1.26. The number of rotatable bonds is 4. The first kappa shape index (κ1) is 22.0. The molecule has 152 valence electrons. The number of hydrogen-bond donors (Lipinski definition) is 1. The topological polar surface area (TPSA) is 49.8 Å². The summed E-state index contributed by atoms with van der Waals surface area (Å²) in [4.78, 5) is 14.1. The van der Waals surface area contributed by atoms with Gasteiger partial charge in [0.05, 0.1) is 6.10 Å². The van der Waals surface area contributed by atoms with Crippen LogP contribution in [0, 0.1) is 12.8 Å². The van der Waals surface area contributed by atoms with Gasteiger partial charge in [-0.25, -0.2) is 4.79 Å². The molecule has 1 aliphatic heterocycles. The third kappa shape index (κ3) is 6.11. The predicted molar refractivity (Wildman–Crippen MR) is 110 cm³/mol. The zero-order valence-electron chi connectivity index (χ0n) is 17.5. The normalized spacial score (nSPS) is 17.3. The lowest BCUT2D eigenvalue weighted by Crippen LogP contribution is -2.41. The summed E-state index contributed by atoms with van der Waals surface area (Å²) in [7, 11) is 0. The summed E-state index contributed by atoms with van der Waals surface area (Å²) in [6.45, 7) is 13.2. The Bertz CT molecular complexity index is 658. The second-order valence-electron chi connectivity index (χ2n) is 9.12. The minimum atomic E-state index is -0.486. The van der Waals surface area contributed by atoms with Crippen LogP contribution in [0.2, 0.25) is 5.02 Å². The van der Waals surface area contributed by atoms with Gasteiger partial charge in [-0.2, -0.15) is 0 Å². The first-order valence-electron chi connectivity index (χ1n) is 9.94. The molecule has 0 aliphatic carbocycles. The SMILES string of the molecule is Cc1cc(C(O)CC(C)C)c(C2CCN(C(=O)OC(C)(C)C)CC2)cc1Cl. The number of amides is 1. The first-order chi connectivity index (χ1) is 12.5. The molecule has 4 nitrogen and oxygen atoms in total. The Labute approximate surface area is 168 Å². The van der Waals surface area contributed by atoms with Gasteiger partial charge in [-0.1, -0.05) is 31.5 Å². The van der Waals surface area contributed by atoms with E-state index in [9.17, 15) is 9.90 Å². The second kappa shape index (κ2) is 8.83. The molecule has 1 fully saturated rings. The Balaban J connectivity index is 2.15. The van der Waals surface area contributed by atoms with Crippen LogP contribution in [0.1, 0.15) is 82.6 Å². The number of benzene rings is 1. The number of ether oxygens (including phenoxy) is 1. The molecule has 1 aliphatic rings. The van der Waals surface area contributed by atoms with Gasteiger partial charge in [-0.15, -0.1) is 0 Å². The van der Waals surface area contributed by atoms with Crippen molar-refractivity contribution in [3.63, 3.8) is 0 Å². The van der Waals surface area contributed by atoms with Crippen LogP contribution in [-0.4, -0.2) is 34.8 Å². The number of hydrogen-bond acceptors (Lipinski definition) is 3. The van der Waals surface area contributed by atoms with Crippen LogP contribution in [0.25, 0.3) is 0 Å². The molecule has 0 spiro atoms. The van der Waals surface area contributed by atoms with E-state index >= 15 is 0 Å². The quantitative estimate of drug-likeness (QED) is 0.696. The molecule has 1 unspecified atom stereocenters. The predicted octanol–water partition coefficient (Wildman–Crippen LogP) is 5.84. The highest BCUT2D eigenvalue weighted by molar-refractivity contribution is 6.31. The molecule has 0 radical (unpaired) electrons. The molecule has 1 aromatic rings. The number of aliphatic hydroxyl groups is 1. The number of nitrogens with zero attached hydrogens (tertiary/aromatic N) is 1. The van der Waals surface area contributed by atoms with Crippen LogP contribution < -0.4 is 0 Å². The summed E-state index contributed by atoms with van der Waals surface area (Å²) in [5, 5.41) is 11.5. The van der Waals surface area contributed by atoms with Crippen molar-refractivity contribution < 1.29 is 14.6 Å². The fourth-order valence-corrected chi connectivity index (χ4v) is 3.81. The second-order valence-corrected chi connectivity index (χ2v) is 9.52. The first-order valence-corrected chi connectivity index (χ1v) is 10.3. The van der Waals surface area contributed by atoms with Gasteiger partial charge in [-0.05, 0) is 81.5 Å². The lowest BCUT2D eigenvalue weighted by Gasteiger charge is -2.35. The van der Waals surface area contributed by atoms with Crippen molar-refractivity contribution in [1.29, 1.82) is 0 Å². The van der Waals surface area contributed by atoms with Gasteiger partial charge in [0.1, 0.15) is 5.60 Å². The summed E-state index contributed by atoms with van der Waals surface area (Å²) < 4.78 is 5.48. The van der Waals surface area contributed by atoms with Gasteiger partial charge in [0.2, 0.25) is 0 Å². The Morgan fingerprint density at radius 1 is 1.30 bits per heavy atom. The highest BCUT2D eigenvalue weighted by Crippen LogP contribution is 2.37. The summed E-state index contributed by atoms with van der Waals surface area (Å²) in [5.74, 6) is 0.705. The number of carbonyl (C=O) groups excluding carboxylic acids is 1. The van der Waals surface area contributed by atoms with Gasteiger partial charge in [0, 0.05) is 18.1 Å². The number of carbonyl (C=O) groups is 1. The van der Waals surface area contributed by atoms with Gasteiger partial charge in [-0.3, -0.25) is 0 Å². The van der Waals surface area contributed by atoms with E-state index in [1.54, 1.807) is 4.90 Å². The molecule has 1 aromatic carbocycles. The standard InChI is InChI=1S/C22H34ClNO3/c1-14(2)11-20(25)18-12-15(3)19(23)13-17(18)16-7-9-24(10-8-16)21(26)27-22(4,5)6/h12-14,16,20,25H,7-11H2,1-6H3. The lowest BCUT2D eigenvalue weighted by molar-refractivity contribution is 0.0204. The van der Waals surface area contributed by atoms with E-state index < -0.39 is 11.7 Å². The average molecular weight is 396 g/mol. The van der Waals surface area contributed by atoms with Crippen molar-refractivity contribution in [2.75, 3.05) is 13.1 Å². The molecule has 0 aromatic heterocycles. The highest BCUT2D eigenvalue weighted by atomic mass is 35.5. The third-order valence-electron chi connectivity index (χ3n) is 5.00. The van der Waals surface area contributed by atoms with Gasteiger partial charge in [0.15, 0.2) is 0 Å². The highest BCUT2D eigenvalue weighted by Gasteiger charge is 2.29. The summed E-state index contributed by atoms with van der Waals surface area (Å²) in [6.07, 6.45) is 1.69. The number of aryl methyl sites for hydroxylation is 1. The minimum Gasteiger partial charge on any atom is -0.444 e. The van der Waals surface area contributed by atoms with Crippen LogP contribution in [0.4, 0.5) is 4.79 Å². The molecule has 1 N–H and O–H groups in total. The van der Waals surface area contributed by atoms with Crippen molar-refractivity contribution in [3.05, 3.63) is 33.8 Å². The van der Waals surface area contributed by atoms with Crippen LogP contribution in [0.3, 0.4) is 0 Å². The maximum Gasteiger partial charge on any atom is 0.410 e. The molecular weight excluding hydrogens is 362 g/mol. The number of halogens is 1. The Morgan fingerprint density at radius 2 is 1.89 bits per heavy atom. The molecule has 27 heavy (non-hydrogen) atoms. The van der Waals surface area contributed by atoms with Crippen molar-refractivity contribution in [2.45, 2.75) is 78.4 Å². The van der Waals surface area contributed by atoms with E-state index in [2.05, 4.69) is 13.8 Å². The molecule has 2 rings (SSSR count). The van der Waals surface area contributed by atoms with E-state index in [-0.39, 0.29) is 6.09 Å². The number of likely N-dealkylation sites (tertiary alicyclic amines) is 1. The van der Waals surface area contributed by atoms with Crippen LogP contribution in [0.5, 0.6) is 0 Å². The van der Waals surface area contributed by atoms with Gasteiger partial charge >= 0.3 is 6.09 Å².